The minimum Gasteiger partial charge on any atom is -0.294 e. The first kappa shape index (κ1) is 12.4. The fourth-order valence-electron chi connectivity index (χ4n) is 1.64. The van der Waals surface area contributed by atoms with Gasteiger partial charge in [0.15, 0.2) is 5.78 Å². The molecule has 1 nitrogen and oxygen atoms in total. The van der Waals surface area contributed by atoms with Crippen molar-refractivity contribution in [2.75, 3.05) is 0 Å². The van der Waals surface area contributed by atoms with Gasteiger partial charge in [-0.25, -0.2) is 13.2 Å². The number of rotatable bonds is 3. The summed E-state index contributed by atoms with van der Waals surface area (Å²) in [4.78, 5) is 11.8. The lowest BCUT2D eigenvalue weighted by atomic mass is 10.0. The number of benzene rings is 2. The minimum absolute atomic E-state index is 0.125. The molecule has 0 aliphatic heterocycles. The van der Waals surface area contributed by atoms with Crippen LogP contribution in [0.2, 0.25) is 0 Å². The maximum Gasteiger partial charge on any atom is 0.170 e. The maximum atomic E-state index is 13.3. The van der Waals surface area contributed by atoms with Crippen molar-refractivity contribution in [3.8, 4) is 0 Å². The number of halogens is 3. The average molecular weight is 250 g/mol. The molecule has 0 atom stereocenters. The number of carbonyl (C=O) groups is 1. The Labute approximate surface area is 102 Å². The number of hydrogen-bond acceptors (Lipinski definition) is 1. The van der Waals surface area contributed by atoms with Crippen molar-refractivity contribution in [2.24, 2.45) is 0 Å². The molecular formula is C14H9F3O. The summed E-state index contributed by atoms with van der Waals surface area (Å²) in [6, 6.07) is 8.26. The van der Waals surface area contributed by atoms with Gasteiger partial charge in [-0.3, -0.25) is 4.79 Å². The first-order valence-corrected chi connectivity index (χ1v) is 5.29. The zero-order valence-corrected chi connectivity index (χ0v) is 9.29. The van der Waals surface area contributed by atoms with Gasteiger partial charge in [-0.2, -0.15) is 0 Å². The van der Waals surface area contributed by atoms with Crippen LogP contribution >= 0.6 is 0 Å². The molecule has 0 unspecified atom stereocenters. The molecule has 0 heterocycles. The summed E-state index contributed by atoms with van der Waals surface area (Å²) in [5.74, 6) is -2.62. The first-order valence-electron chi connectivity index (χ1n) is 5.29. The molecule has 4 heteroatoms. The molecule has 2 rings (SSSR count). The molecule has 92 valence electrons. The Morgan fingerprint density at radius 3 is 2.33 bits per heavy atom. The van der Waals surface area contributed by atoms with Crippen LogP contribution in [0, 0.1) is 17.5 Å². The van der Waals surface area contributed by atoms with Crippen LogP contribution in [0.3, 0.4) is 0 Å². The quantitative estimate of drug-likeness (QED) is 0.761. The smallest absolute Gasteiger partial charge is 0.170 e. The molecule has 0 amide bonds. The molecule has 2 aromatic carbocycles. The fraction of sp³-hybridized carbons (Fsp3) is 0.0714. The van der Waals surface area contributed by atoms with E-state index in [1.807, 2.05) is 0 Å². The van der Waals surface area contributed by atoms with Gasteiger partial charge in [0.1, 0.15) is 17.5 Å². The normalized spacial score (nSPS) is 10.4. The van der Waals surface area contributed by atoms with E-state index in [1.54, 1.807) is 6.07 Å². The molecule has 0 saturated carbocycles. The minimum atomic E-state index is -0.906. The van der Waals surface area contributed by atoms with Gasteiger partial charge in [0.2, 0.25) is 0 Å². The lowest BCUT2D eigenvalue weighted by Crippen LogP contribution is -2.06. The van der Waals surface area contributed by atoms with Gasteiger partial charge in [0.25, 0.3) is 0 Å². The standard InChI is InChI=1S/C14H9F3O/c15-10-3-1-2-9(6-10)7-14(18)12-5-4-11(16)8-13(12)17/h1-6,8H,7H2. The van der Waals surface area contributed by atoms with Crippen LogP contribution in [0.15, 0.2) is 42.5 Å². The van der Waals surface area contributed by atoms with Crippen LogP contribution in [0.1, 0.15) is 15.9 Å². The van der Waals surface area contributed by atoms with Gasteiger partial charge >= 0.3 is 0 Å². The maximum absolute atomic E-state index is 13.3. The highest BCUT2D eigenvalue weighted by Crippen LogP contribution is 2.13. The fourth-order valence-corrected chi connectivity index (χ4v) is 1.64. The first-order chi connectivity index (χ1) is 8.56. The van der Waals surface area contributed by atoms with Crippen LogP contribution in [0.5, 0.6) is 0 Å². The van der Waals surface area contributed by atoms with Gasteiger partial charge in [-0.05, 0) is 29.8 Å². The summed E-state index contributed by atoms with van der Waals surface area (Å²) < 4.78 is 39.0. The highest BCUT2D eigenvalue weighted by molar-refractivity contribution is 5.97. The van der Waals surface area contributed by atoms with Crippen molar-refractivity contribution in [1.29, 1.82) is 0 Å². The second-order valence-corrected chi connectivity index (χ2v) is 3.85. The van der Waals surface area contributed by atoms with E-state index >= 15 is 0 Å². The molecule has 0 radical (unpaired) electrons. The van der Waals surface area contributed by atoms with Crippen LogP contribution in [-0.4, -0.2) is 5.78 Å². The van der Waals surface area contributed by atoms with Gasteiger partial charge < -0.3 is 0 Å². The Hall–Kier alpha value is -2.10. The number of Topliss-reactive ketones (excluding diaryl/α,β-unsaturated/α-hetero) is 1. The second-order valence-electron chi connectivity index (χ2n) is 3.85. The molecule has 0 saturated heterocycles. The van der Waals surface area contributed by atoms with E-state index in [1.165, 1.54) is 18.2 Å². The van der Waals surface area contributed by atoms with Crippen molar-refractivity contribution >= 4 is 5.78 Å². The Kier molecular flexibility index (Phi) is 3.46. The van der Waals surface area contributed by atoms with E-state index < -0.39 is 23.2 Å². The third kappa shape index (κ3) is 2.77. The van der Waals surface area contributed by atoms with E-state index in [2.05, 4.69) is 0 Å². The molecular weight excluding hydrogens is 241 g/mol. The number of ketones is 1. The van der Waals surface area contributed by atoms with Crippen molar-refractivity contribution in [3.05, 3.63) is 71.0 Å². The second kappa shape index (κ2) is 5.04. The van der Waals surface area contributed by atoms with E-state index in [0.717, 1.165) is 12.1 Å². The number of carbonyl (C=O) groups excluding carboxylic acids is 1. The summed E-state index contributed by atoms with van der Waals surface area (Å²) >= 11 is 0. The Balaban J connectivity index is 2.22. The van der Waals surface area contributed by atoms with Gasteiger partial charge in [0.05, 0.1) is 5.56 Å². The van der Waals surface area contributed by atoms with E-state index in [9.17, 15) is 18.0 Å². The molecule has 0 spiro atoms. The Morgan fingerprint density at radius 2 is 1.67 bits per heavy atom. The highest BCUT2D eigenvalue weighted by atomic mass is 19.1. The lowest BCUT2D eigenvalue weighted by molar-refractivity contribution is 0.0989. The topological polar surface area (TPSA) is 17.1 Å². The van der Waals surface area contributed by atoms with Gasteiger partial charge in [0, 0.05) is 12.5 Å². The third-order valence-electron chi connectivity index (χ3n) is 2.49. The summed E-state index contributed by atoms with van der Waals surface area (Å²) in [5.41, 5.74) is 0.254. The monoisotopic (exact) mass is 250 g/mol. The van der Waals surface area contributed by atoms with Crippen molar-refractivity contribution in [1.82, 2.24) is 0 Å². The molecule has 0 N–H and O–H groups in total. The van der Waals surface area contributed by atoms with Crippen LogP contribution < -0.4 is 0 Å². The summed E-state index contributed by atoms with van der Waals surface area (Å²) in [6.07, 6.45) is -0.125. The van der Waals surface area contributed by atoms with E-state index in [0.29, 0.717) is 11.6 Å². The van der Waals surface area contributed by atoms with Crippen LogP contribution in [0.25, 0.3) is 0 Å². The van der Waals surface area contributed by atoms with Crippen molar-refractivity contribution in [2.45, 2.75) is 6.42 Å². The molecule has 0 aliphatic rings. The average Bonchev–Trinajstić information content (AvgIpc) is 2.28. The summed E-state index contributed by atoms with van der Waals surface area (Å²) in [6.45, 7) is 0. The summed E-state index contributed by atoms with van der Waals surface area (Å²) in [7, 11) is 0. The largest absolute Gasteiger partial charge is 0.294 e. The molecule has 18 heavy (non-hydrogen) atoms. The Morgan fingerprint density at radius 1 is 0.944 bits per heavy atom. The molecule has 0 aromatic heterocycles. The van der Waals surface area contributed by atoms with Crippen LogP contribution in [0.4, 0.5) is 13.2 Å². The zero-order chi connectivity index (χ0) is 13.1. The summed E-state index contributed by atoms with van der Waals surface area (Å²) in [5, 5.41) is 0. The molecule has 0 aliphatic carbocycles. The Bertz CT molecular complexity index is 593. The lowest BCUT2D eigenvalue weighted by Gasteiger charge is -2.03. The van der Waals surface area contributed by atoms with Gasteiger partial charge in [-0.1, -0.05) is 12.1 Å². The highest BCUT2D eigenvalue weighted by Gasteiger charge is 2.13. The van der Waals surface area contributed by atoms with E-state index in [-0.39, 0.29) is 12.0 Å². The van der Waals surface area contributed by atoms with Crippen LogP contribution in [-0.2, 0) is 6.42 Å². The predicted molar refractivity (Wildman–Crippen MR) is 60.8 cm³/mol. The number of hydrogen-bond donors (Lipinski definition) is 0. The van der Waals surface area contributed by atoms with Crippen molar-refractivity contribution in [3.63, 3.8) is 0 Å². The predicted octanol–water partition coefficient (Wildman–Crippen LogP) is 3.53. The van der Waals surface area contributed by atoms with E-state index in [4.69, 9.17) is 0 Å². The third-order valence-corrected chi connectivity index (χ3v) is 2.49. The van der Waals surface area contributed by atoms with Crippen molar-refractivity contribution < 1.29 is 18.0 Å². The molecule has 0 fully saturated rings. The molecule has 0 bridgehead atoms. The zero-order valence-electron chi connectivity index (χ0n) is 9.29. The molecule has 2 aromatic rings. The van der Waals surface area contributed by atoms with Gasteiger partial charge in [-0.15, -0.1) is 0 Å². The SMILES string of the molecule is O=C(Cc1cccc(F)c1)c1ccc(F)cc1F.